The van der Waals surface area contributed by atoms with Gasteiger partial charge < -0.3 is 15.0 Å². The maximum atomic E-state index is 11.8. The number of benzene rings is 1. The number of hydrogen-bond acceptors (Lipinski definition) is 3. The highest BCUT2D eigenvalue weighted by Gasteiger charge is 2.21. The van der Waals surface area contributed by atoms with Gasteiger partial charge in [0.2, 0.25) is 0 Å². The lowest BCUT2D eigenvalue weighted by molar-refractivity contribution is 0.0967. The van der Waals surface area contributed by atoms with Crippen LogP contribution in [0.1, 0.15) is 19.4 Å². The fourth-order valence-corrected chi connectivity index (χ4v) is 1.57. The van der Waals surface area contributed by atoms with Crippen LogP contribution in [0.25, 0.3) is 0 Å². The Morgan fingerprint density at radius 2 is 1.94 bits per heavy atom. The minimum absolute atomic E-state index is 0.124. The van der Waals surface area contributed by atoms with Gasteiger partial charge in [0.05, 0.1) is 0 Å². The molecule has 1 aromatic carbocycles. The largest absolute Gasteiger partial charge is 0.445 e. The van der Waals surface area contributed by atoms with E-state index in [1.807, 2.05) is 51.2 Å². The Bertz CT molecular complexity index is 377. The number of nitrogens with one attached hydrogen (secondary N) is 1. The summed E-state index contributed by atoms with van der Waals surface area (Å²) in [6.07, 6.45) is -0.304. The molecule has 0 heterocycles. The van der Waals surface area contributed by atoms with Gasteiger partial charge in [-0.15, -0.1) is 0 Å². The normalized spacial score (nSPS) is 11.1. The van der Waals surface area contributed by atoms with Gasteiger partial charge in [0, 0.05) is 19.1 Å². The van der Waals surface area contributed by atoms with Gasteiger partial charge in [-0.3, -0.25) is 0 Å². The molecule has 0 aliphatic heterocycles. The molecule has 100 valence electrons. The van der Waals surface area contributed by atoms with E-state index in [0.29, 0.717) is 13.2 Å². The first-order chi connectivity index (χ1) is 8.44. The van der Waals surface area contributed by atoms with E-state index < -0.39 is 0 Å². The summed E-state index contributed by atoms with van der Waals surface area (Å²) in [5, 5.41) is 3.15. The fraction of sp³-hybridized carbons (Fsp3) is 0.500. The molecule has 4 nitrogen and oxygen atoms in total. The highest BCUT2D eigenvalue weighted by molar-refractivity contribution is 5.67. The molecule has 0 unspecified atom stereocenters. The summed E-state index contributed by atoms with van der Waals surface area (Å²) in [5.41, 5.74) is 0.868. The van der Waals surface area contributed by atoms with Gasteiger partial charge in [-0.1, -0.05) is 30.3 Å². The molecule has 18 heavy (non-hydrogen) atoms. The molecule has 0 saturated carbocycles. The van der Waals surface area contributed by atoms with Crippen LogP contribution in [0, 0.1) is 0 Å². The van der Waals surface area contributed by atoms with Gasteiger partial charge in [0.25, 0.3) is 0 Å². The SMILES string of the molecule is CNC(C)(C)CN(C)C(=O)OCc1ccccc1. The lowest BCUT2D eigenvalue weighted by Crippen LogP contribution is -2.48. The number of likely N-dealkylation sites (N-methyl/N-ethyl adjacent to an activating group) is 2. The summed E-state index contributed by atoms with van der Waals surface area (Å²) in [4.78, 5) is 13.4. The third-order valence-electron chi connectivity index (χ3n) is 2.83. The quantitative estimate of drug-likeness (QED) is 0.871. The molecular weight excluding hydrogens is 228 g/mol. The van der Waals surface area contributed by atoms with Crippen LogP contribution in [-0.2, 0) is 11.3 Å². The lowest BCUT2D eigenvalue weighted by Gasteiger charge is -2.29. The molecule has 0 saturated heterocycles. The number of amides is 1. The first-order valence-corrected chi connectivity index (χ1v) is 6.05. The number of nitrogens with zero attached hydrogens (tertiary/aromatic N) is 1. The summed E-state index contributed by atoms with van der Waals surface area (Å²) >= 11 is 0. The van der Waals surface area contributed by atoms with Crippen molar-refractivity contribution >= 4 is 6.09 Å². The van der Waals surface area contributed by atoms with E-state index >= 15 is 0 Å². The highest BCUT2D eigenvalue weighted by atomic mass is 16.6. The van der Waals surface area contributed by atoms with E-state index in [4.69, 9.17) is 4.74 Å². The van der Waals surface area contributed by atoms with Crippen molar-refractivity contribution in [3.8, 4) is 0 Å². The highest BCUT2D eigenvalue weighted by Crippen LogP contribution is 2.06. The zero-order chi connectivity index (χ0) is 13.6. The van der Waals surface area contributed by atoms with E-state index in [1.54, 1.807) is 11.9 Å². The maximum absolute atomic E-state index is 11.8. The van der Waals surface area contributed by atoms with Crippen LogP contribution in [-0.4, -0.2) is 37.2 Å². The predicted molar refractivity (Wildman–Crippen MR) is 72.4 cm³/mol. The molecule has 0 bridgehead atoms. The molecule has 0 aliphatic rings. The second kappa shape index (κ2) is 6.40. The average Bonchev–Trinajstić information content (AvgIpc) is 2.36. The average molecular weight is 250 g/mol. The molecule has 0 aliphatic carbocycles. The molecule has 1 rings (SSSR count). The van der Waals surface area contributed by atoms with E-state index in [9.17, 15) is 4.79 Å². The molecular formula is C14H22N2O2. The van der Waals surface area contributed by atoms with Crippen LogP contribution in [0.15, 0.2) is 30.3 Å². The number of ether oxygens (including phenoxy) is 1. The molecule has 0 radical (unpaired) electrons. The second-order valence-electron chi connectivity index (χ2n) is 5.03. The van der Waals surface area contributed by atoms with Crippen molar-refractivity contribution in [2.45, 2.75) is 26.0 Å². The number of rotatable bonds is 5. The Kier molecular flexibility index (Phi) is 5.16. The lowest BCUT2D eigenvalue weighted by atomic mass is 10.1. The summed E-state index contributed by atoms with van der Waals surface area (Å²) in [5.74, 6) is 0. The van der Waals surface area contributed by atoms with Gasteiger partial charge >= 0.3 is 6.09 Å². The van der Waals surface area contributed by atoms with E-state index in [2.05, 4.69) is 5.32 Å². The minimum atomic E-state index is -0.304. The Balaban J connectivity index is 2.41. The first kappa shape index (κ1) is 14.5. The van der Waals surface area contributed by atoms with E-state index in [-0.39, 0.29) is 11.6 Å². The second-order valence-corrected chi connectivity index (χ2v) is 5.03. The third kappa shape index (κ3) is 4.75. The van der Waals surface area contributed by atoms with Crippen LogP contribution >= 0.6 is 0 Å². The number of carbonyl (C=O) groups is 1. The van der Waals surface area contributed by atoms with Gasteiger partial charge in [0.15, 0.2) is 0 Å². The molecule has 1 aromatic rings. The molecule has 1 amide bonds. The Hall–Kier alpha value is -1.55. The van der Waals surface area contributed by atoms with Crippen LogP contribution in [0.2, 0.25) is 0 Å². The van der Waals surface area contributed by atoms with Crippen molar-refractivity contribution in [2.75, 3.05) is 20.6 Å². The topological polar surface area (TPSA) is 41.6 Å². The van der Waals surface area contributed by atoms with Crippen molar-refractivity contribution in [3.63, 3.8) is 0 Å². The minimum Gasteiger partial charge on any atom is -0.445 e. The Labute approximate surface area is 109 Å². The Morgan fingerprint density at radius 1 is 1.33 bits per heavy atom. The van der Waals surface area contributed by atoms with Crippen molar-refractivity contribution in [1.82, 2.24) is 10.2 Å². The van der Waals surface area contributed by atoms with Gasteiger partial charge in [-0.25, -0.2) is 4.79 Å². The van der Waals surface area contributed by atoms with Crippen LogP contribution in [0.5, 0.6) is 0 Å². The molecule has 0 atom stereocenters. The van der Waals surface area contributed by atoms with Crippen LogP contribution in [0.4, 0.5) is 4.79 Å². The molecule has 0 aromatic heterocycles. The smallest absolute Gasteiger partial charge is 0.409 e. The standard InChI is InChI=1S/C14H22N2O2/c1-14(2,15-3)11-16(4)13(17)18-10-12-8-6-5-7-9-12/h5-9,15H,10-11H2,1-4H3. The van der Waals surface area contributed by atoms with Crippen molar-refractivity contribution in [1.29, 1.82) is 0 Å². The summed E-state index contributed by atoms with van der Waals surface area (Å²) in [6.45, 7) is 4.98. The van der Waals surface area contributed by atoms with Gasteiger partial charge in [0.1, 0.15) is 6.61 Å². The summed E-state index contributed by atoms with van der Waals surface area (Å²) in [6, 6.07) is 9.66. The van der Waals surface area contributed by atoms with Crippen LogP contribution < -0.4 is 5.32 Å². The zero-order valence-corrected chi connectivity index (χ0v) is 11.6. The van der Waals surface area contributed by atoms with Crippen LogP contribution in [0.3, 0.4) is 0 Å². The molecule has 0 spiro atoms. The van der Waals surface area contributed by atoms with Crippen molar-refractivity contribution in [2.24, 2.45) is 0 Å². The van der Waals surface area contributed by atoms with Gasteiger partial charge in [-0.2, -0.15) is 0 Å². The number of carbonyl (C=O) groups excluding carboxylic acids is 1. The molecule has 0 fully saturated rings. The maximum Gasteiger partial charge on any atom is 0.409 e. The fourth-order valence-electron chi connectivity index (χ4n) is 1.57. The zero-order valence-electron chi connectivity index (χ0n) is 11.6. The summed E-state index contributed by atoms with van der Waals surface area (Å²) in [7, 11) is 3.62. The predicted octanol–water partition coefficient (Wildman–Crippen LogP) is 2.25. The summed E-state index contributed by atoms with van der Waals surface area (Å²) < 4.78 is 5.24. The van der Waals surface area contributed by atoms with Crippen molar-refractivity contribution < 1.29 is 9.53 Å². The molecule has 1 N–H and O–H groups in total. The Morgan fingerprint density at radius 3 is 2.50 bits per heavy atom. The first-order valence-electron chi connectivity index (χ1n) is 6.05. The monoisotopic (exact) mass is 250 g/mol. The van der Waals surface area contributed by atoms with Crippen molar-refractivity contribution in [3.05, 3.63) is 35.9 Å². The van der Waals surface area contributed by atoms with Gasteiger partial charge in [-0.05, 0) is 26.5 Å². The van der Waals surface area contributed by atoms with E-state index in [0.717, 1.165) is 5.56 Å². The third-order valence-corrected chi connectivity index (χ3v) is 2.83. The molecule has 4 heteroatoms. The number of hydrogen-bond donors (Lipinski definition) is 1. The van der Waals surface area contributed by atoms with E-state index in [1.165, 1.54) is 0 Å².